The van der Waals surface area contributed by atoms with E-state index in [1.165, 1.54) is 42.3 Å². The first-order valence-electron chi connectivity index (χ1n) is 8.46. The number of nitrogens with zero attached hydrogens (tertiary/aromatic N) is 3. The van der Waals surface area contributed by atoms with Gasteiger partial charge in [-0.25, -0.2) is 4.98 Å². The number of nitrogens with two attached hydrogens (primary N) is 1. The summed E-state index contributed by atoms with van der Waals surface area (Å²) < 4.78 is 2.02. The number of aryl methyl sites for hydroxylation is 2. The number of halogens is 1. The van der Waals surface area contributed by atoms with Crippen molar-refractivity contribution in [1.29, 1.82) is 0 Å². The third kappa shape index (κ3) is 2.94. The maximum atomic E-state index is 6.15. The van der Waals surface area contributed by atoms with Crippen LogP contribution in [-0.2, 0) is 13.0 Å². The minimum Gasteiger partial charge on any atom is -0.382 e. The first kappa shape index (κ1) is 15.6. The number of nitrogen functional groups attached to an aromatic ring is 1. The largest absolute Gasteiger partial charge is 0.382 e. The van der Waals surface area contributed by atoms with Crippen molar-refractivity contribution in [3.8, 4) is 0 Å². The summed E-state index contributed by atoms with van der Waals surface area (Å²) in [6.45, 7) is 3.10. The molecule has 0 spiro atoms. The second kappa shape index (κ2) is 6.86. The summed E-state index contributed by atoms with van der Waals surface area (Å²) in [4.78, 5) is 4.67. The average molecular weight is 321 g/mol. The number of rotatable bonds is 6. The van der Waals surface area contributed by atoms with Gasteiger partial charge in [0, 0.05) is 29.7 Å². The molecule has 120 valence electrons. The lowest BCUT2D eigenvalue weighted by molar-refractivity contribution is 0.500. The van der Waals surface area contributed by atoms with Crippen LogP contribution in [0.2, 0.25) is 0 Å². The molecular formula is C17H25ClN4. The Labute approximate surface area is 137 Å². The molecule has 0 fully saturated rings. The topological polar surface area (TPSA) is 56.7 Å². The van der Waals surface area contributed by atoms with E-state index < -0.39 is 0 Å². The molecule has 0 bridgehead atoms. The molecular weight excluding hydrogens is 296 g/mol. The number of hydrogen-bond acceptors (Lipinski definition) is 3. The van der Waals surface area contributed by atoms with E-state index in [2.05, 4.69) is 23.2 Å². The van der Waals surface area contributed by atoms with Crippen LogP contribution in [0, 0.1) is 0 Å². The maximum Gasteiger partial charge on any atom is 0.152 e. The van der Waals surface area contributed by atoms with E-state index >= 15 is 0 Å². The monoisotopic (exact) mass is 320 g/mol. The fraction of sp³-hybridized carbons (Fsp3) is 0.647. The van der Waals surface area contributed by atoms with Gasteiger partial charge in [-0.15, -0.1) is 11.6 Å². The zero-order chi connectivity index (χ0) is 15.5. The van der Waals surface area contributed by atoms with Crippen LogP contribution in [0.3, 0.4) is 0 Å². The van der Waals surface area contributed by atoms with Crippen molar-refractivity contribution < 1.29 is 0 Å². The second-order valence-electron chi connectivity index (χ2n) is 6.29. The van der Waals surface area contributed by atoms with Crippen molar-refractivity contribution in [3.05, 3.63) is 17.5 Å². The molecule has 1 unspecified atom stereocenters. The van der Waals surface area contributed by atoms with Crippen LogP contribution in [0.5, 0.6) is 0 Å². The first-order chi connectivity index (χ1) is 10.7. The Bertz CT molecular complexity index is 650. The number of unbranched alkanes of at least 4 members (excludes halogenated alkanes) is 1. The van der Waals surface area contributed by atoms with Gasteiger partial charge in [-0.05, 0) is 50.0 Å². The summed E-state index contributed by atoms with van der Waals surface area (Å²) in [7, 11) is 0. The van der Waals surface area contributed by atoms with Gasteiger partial charge in [0.05, 0.1) is 0 Å². The molecule has 2 aromatic rings. The Morgan fingerprint density at radius 3 is 3.05 bits per heavy atom. The van der Waals surface area contributed by atoms with Gasteiger partial charge in [0.15, 0.2) is 5.82 Å². The number of hydrogen-bond donors (Lipinski definition) is 1. The number of anilines is 1. The molecule has 2 N–H and O–H groups in total. The van der Waals surface area contributed by atoms with Crippen LogP contribution in [-0.4, -0.2) is 20.6 Å². The van der Waals surface area contributed by atoms with Crippen molar-refractivity contribution in [2.24, 2.45) is 0 Å². The normalized spacial score (nSPS) is 17.8. The predicted octanol–water partition coefficient (Wildman–Crippen LogP) is 4.25. The molecule has 0 radical (unpaired) electrons. The Balaban J connectivity index is 2.02. The van der Waals surface area contributed by atoms with Crippen LogP contribution < -0.4 is 5.73 Å². The minimum absolute atomic E-state index is 0.585. The second-order valence-corrected chi connectivity index (χ2v) is 6.66. The third-order valence-corrected chi connectivity index (χ3v) is 4.89. The van der Waals surface area contributed by atoms with Crippen LogP contribution in [0.15, 0.2) is 6.20 Å². The number of pyridine rings is 1. The van der Waals surface area contributed by atoms with Crippen LogP contribution in [0.25, 0.3) is 10.9 Å². The maximum absolute atomic E-state index is 6.15. The Hall–Kier alpha value is -1.29. The molecule has 0 aromatic carbocycles. The highest BCUT2D eigenvalue weighted by atomic mass is 35.5. The van der Waals surface area contributed by atoms with Gasteiger partial charge in [0.25, 0.3) is 0 Å². The molecule has 1 aliphatic rings. The third-order valence-electron chi connectivity index (χ3n) is 4.62. The lowest BCUT2D eigenvalue weighted by atomic mass is 9.81. The molecule has 4 nitrogen and oxygen atoms in total. The highest BCUT2D eigenvalue weighted by Gasteiger charge is 2.26. The van der Waals surface area contributed by atoms with E-state index in [0.717, 1.165) is 37.2 Å². The van der Waals surface area contributed by atoms with E-state index in [1.807, 2.05) is 4.68 Å². The summed E-state index contributed by atoms with van der Waals surface area (Å²) in [6.07, 6.45) is 10.2. The summed E-state index contributed by atoms with van der Waals surface area (Å²) >= 11 is 5.83. The SMILES string of the molecule is CCCn1cc2c3c(nc(N)c2n1)CCCC3CCCCCl. The number of aromatic nitrogens is 3. The number of alkyl halides is 1. The average Bonchev–Trinajstić information content (AvgIpc) is 2.92. The molecule has 1 atom stereocenters. The highest BCUT2D eigenvalue weighted by molar-refractivity contribution is 6.17. The molecule has 0 saturated heterocycles. The Morgan fingerprint density at radius 1 is 1.41 bits per heavy atom. The lowest BCUT2D eigenvalue weighted by Gasteiger charge is -2.25. The van der Waals surface area contributed by atoms with Crippen molar-refractivity contribution >= 4 is 28.3 Å². The smallest absolute Gasteiger partial charge is 0.152 e. The van der Waals surface area contributed by atoms with Gasteiger partial charge in [-0.2, -0.15) is 5.10 Å². The molecule has 22 heavy (non-hydrogen) atoms. The quantitative estimate of drug-likeness (QED) is 0.639. The van der Waals surface area contributed by atoms with Gasteiger partial charge in [-0.3, -0.25) is 4.68 Å². The predicted molar refractivity (Wildman–Crippen MR) is 92.5 cm³/mol. The van der Waals surface area contributed by atoms with Gasteiger partial charge >= 0.3 is 0 Å². The molecule has 0 amide bonds. The first-order valence-corrected chi connectivity index (χ1v) is 8.99. The van der Waals surface area contributed by atoms with Gasteiger partial charge in [0.2, 0.25) is 0 Å². The van der Waals surface area contributed by atoms with Crippen LogP contribution in [0.1, 0.15) is 62.6 Å². The Morgan fingerprint density at radius 2 is 2.27 bits per heavy atom. The lowest BCUT2D eigenvalue weighted by Crippen LogP contribution is -2.13. The van der Waals surface area contributed by atoms with Crippen LogP contribution in [0.4, 0.5) is 5.82 Å². The molecule has 1 aliphatic carbocycles. The summed E-state index contributed by atoms with van der Waals surface area (Å²) in [5, 5.41) is 5.88. The van der Waals surface area contributed by atoms with E-state index in [0.29, 0.717) is 11.7 Å². The molecule has 2 aromatic heterocycles. The number of fused-ring (bicyclic) bond motifs is 3. The van der Waals surface area contributed by atoms with Crippen molar-refractivity contribution in [2.45, 2.75) is 64.3 Å². The zero-order valence-electron chi connectivity index (χ0n) is 13.3. The minimum atomic E-state index is 0.585. The van der Waals surface area contributed by atoms with E-state index in [4.69, 9.17) is 17.3 Å². The summed E-state index contributed by atoms with van der Waals surface area (Å²) in [6, 6.07) is 0. The molecule has 2 heterocycles. The Kier molecular flexibility index (Phi) is 4.87. The summed E-state index contributed by atoms with van der Waals surface area (Å²) in [5.41, 5.74) is 9.65. The molecule has 0 saturated carbocycles. The zero-order valence-corrected chi connectivity index (χ0v) is 14.1. The van der Waals surface area contributed by atoms with Gasteiger partial charge in [0.1, 0.15) is 5.52 Å². The molecule has 0 aliphatic heterocycles. The van der Waals surface area contributed by atoms with Gasteiger partial charge in [-0.1, -0.05) is 13.3 Å². The van der Waals surface area contributed by atoms with E-state index in [-0.39, 0.29) is 0 Å². The fourth-order valence-electron chi connectivity index (χ4n) is 3.65. The van der Waals surface area contributed by atoms with Crippen molar-refractivity contribution in [1.82, 2.24) is 14.8 Å². The van der Waals surface area contributed by atoms with Gasteiger partial charge < -0.3 is 5.73 Å². The molecule has 5 heteroatoms. The van der Waals surface area contributed by atoms with Crippen molar-refractivity contribution in [3.63, 3.8) is 0 Å². The highest BCUT2D eigenvalue weighted by Crippen LogP contribution is 2.39. The molecule has 3 rings (SSSR count). The van der Waals surface area contributed by atoms with Crippen molar-refractivity contribution in [2.75, 3.05) is 11.6 Å². The standard InChI is InChI=1S/C17H25ClN4/c1-2-10-22-11-13-15-12(6-3-4-9-18)7-5-8-14(15)20-17(19)16(13)21-22/h11-12H,2-10H2,1H3,(H2,19,20). The van der Waals surface area contributed by atoms with E-state index in [1.54, 1.807) is 0 Å². The van der Waals surface area contributed by atoms with E-state index in [9.17, 15) is 0 Å². The fourth-order valence-corrected chi connectivity index (χ4v) is 3.83. The summed E-state index contributed by atoms with van der Waals surface area (Å²) in [5.74, 6) is 1.93. The van der Waals surface area contributed by atoms with Crippen LogP contribution >= 0.6 is 11.6 Å².